The van der Waals surface area contributed by atoms with Crippen LogP contribution in [0.5, 0.6) is 0 Å². The molecule has 8 heteroatoms. The summed E-state index contributed by atoms with van der Waals surface area (Å²) < 4.78 is 5.67. The third-order valence-corrected chi connectivity index (χ3v) is 5.19. The molecule has 0 aromatic carbocycles. The Morgan fingerprint density at radius 3 is 2.60 bits per heavy atom. The van der Waals surface area contributed by atoms with Crippen LogP contribution in [-0.2, 0) is 11.3 Å². The fraction of sp³-hybridized carbons (Fsp3) is 0.588. The number of rotatable bonds is 5. The minimum atomic E-state index is -0.321. The number of thiophene rings is 1. The monoisotopic (exact) mass is 367 g/mol. The Morgan fingerprint density at radius 2 is 2.08 bits per heavy atom. The van der Waals surface area contributed by atoms with Crippen molar-refractivity contribution in [1.82, 2.24) is 15.1 Å². The molecule has 0 bridgehead atoms. The van der Waals surface area contributed by atoms with Gasteiger partial charge in [0.2, 0.25) is 11.8 Å². The Hall–Kier alpha value is -1.77. The fourth-order valence-corrected chi connectivity index (χ4v) is 3.68. The minimum absolute atomic E-state index is 0.250. The summed E-state index contributed by atoms with van der Waals surface area (Å²) in [5.74, 6) is 2.02. The van der Waals surface area contributed by atoms with Crippen LogP contribution >= 0.6 is 11.3 Å². The van der Waals surface area contributed by atoms with Gasteiger partial charge < -0.3 is 14.6 Å². The number of hydrogen-bond acceptors (Lipinski definition) is 7. The highest BCUT2D eigenvalue weighted by molar-refractivity contribution is 7.10. The van der Waals surface area contributed by atoms with Crippen molar-refractivity contribution in [3.63, 3.8) is 0 Å². The third kappa shape index (κ3) is 5.62. The summed E-state index contributed by atoms with van der Waals surface area (Å²) in [7, 11) is 0. The maximum atomic E-state index is 10.4. The molecule has 3 rings (SSSR count). The molecule has 3 heterocycles. The van der Waals surface area contributed by atoms with Crippen LogP contribution in [0.3, 0.4) is 0 Å². The lowest BCUT2D eigenvalue weighted by molar-refractivity contribution is -0.122. The predicted molar refractivity (Wildman–Crippen MR) is 94.4 cm³/mol. The van der Waals surface area contributed by atoms with Crippen molar-refractivity contribution in [2.75, 3.05) is 13.1 Å². The SMILES string of the molecule is CC(C)c1nnc(CN2CCC(C(O)c3cccs3)CC2)o1.O=CO. The Bertz CT molecular complexity index is 622. The van der Waals surface area contributed by atoms with Crippen molar-refractivity contribution in [3.8, 4) is 0 Å². The molecule has 2 aromatic rings. The van der Waals surface area contributed by atoms with Crippen LogP contribution in [0.1, 0.15) is 55.4 Å². The van der Waals surface area contributed by atoms with Gasteiger partial charge >= 0.3 is 0 Å². The van der Waals surface area contributed by atoms with E-state index in [0.717, 1.165) is 30.8 Å². The van der Waals surface area contributed by atoms with E-state index in [4.69, 9.17) is 14.3 Å². The average Bonchev–Trinajstić information content (AvgIpc) is 3.27. The highest BCUT2D eigenvalue weighted by Gasteiger charge is 2.27. The summed E-state index contributed by atoms with van der Waals surface area (Å²) in [4.78, 5) is 11.8. The summed E-state index contributed by atoms with van der Waals surface area (Å²) >= 11 is 1.64. The van der Waals surface area contributed by atoms with Gasteiger partial charge in [-0.3, -0.25) is 9.69 Å². The molecule has 0 radical (unpaired) electrons. The van der Waals surface area contributed by atoms with Crippen LogP contribution in [0, 0.1) is 5.92 Å². The summed E-state index contributed by atoms with van der Waals surface area (Å²) in [6.07, 6.45) is 1.69. The van der Waals surface area contributed by atoms with Crippen LogP contribution in [-0.4, -0.2) is 44.9 Å². The van der Waals surface area contributed by atoms with Gasteiger partial charge in [0.05, 0.1) is 12.6 Å². The van der Waals surface area contributed by atoms with Gasteiger partial charge in [-0.25, -0.2) is 0 Å². The Labute approximate surface area is 151 Å². The number of carboxylic acid groups (broad SMARTS) is 1. The third-order valence-electron chi connectivity index (χ3n) is 4.25. The number of aliphatic hydroxyl groups excluding tert-OH is 1. The largest absolute Gasteiger partial charge is 0.483 e. The van der Waals surface area contributed by atoms with Crippen LogP contribution in [0.25, 0.3) is 0 Å². The molecular formula is C17H25N3O4S. The number of aliphatic hydroxyl groups is 1. The van der Waals surface area contributed by atoms with Gasteiger partial charge in [0.1, 0.15) is 0 Å². The topological polar surface area (TPSA) is 99.7 Å². The second-order valence-corrected chi connectivity index (χ2v) is 7.35. The van der Waals surface area contributed by atoms with Crippen molar-refractivity contribution in [1.29, 1.82) is 0 Å². The van der Waals surface area contributed by atoms with E-state index in [9.17, 15) is 5.11 Å². The molecule has 1 aliphatic heterocycles. The number of carbonyl (C=O) groups is 1. The fourth-order valence-electron chi connectivity index (χ4n) is 2.87. The predicted octanol–water partition coefficient (Wildman–Crippen LogP) is 2.90. The zero-order valence-corrected chi connectivity index (χ0v) is 15.4. The second-order valence-electron chi connectivity index (χ2n) is 6.37. The standard InChI is InChI=1S/C16H23N3O2S.CH2O2/c1-11(2)16-18-17-14(21-16)10-19-7-5-12(6-8-19)15(20)13-4-3-9-22-13;2-1-3/h3-4,9,11-12,15,20H,5-8,10H2,1-2H3;1H,(H,2,3). The molecule has 0 saturated carbocycles. The summed E-state index contributed by atoms with van der Waals surface area (Å²) in [6, 6.07) is 4.02. The number of aromatic nitrogens is 2. The van der Waals surface area contributed by atoms with E-state index in [1.807, 2.05) is 17.5 Å². The molecule has 7 nitrogen and oxygen atoms in total. The molecule has 138 valence electrons. The van der Waals surface area contributed by atoms with Crippen LogP contribution < -0.4 is 0 Å². The molecule has 1 unspecified atom stereocenters. The minimum Gasteiger partial charge on any atom is -0.483 e. The molecule has 0 amide bonds. The van der Waals surface area contributed by atoms with Crippen LogP contribution in [0.4, 0.5) is 0 Å². The molecule has 0 aliphatic carbocycles. The van der Waals surface area contributed by atoms with Gasteiger partial charge in [-0.15, -0.1) is 21.5 Å². The Morgan fingerprint density at radius 1 is 1.40 bits per heavy atom. The van der Waals surface area contributed by atoms with Crippen LogP contribution in [0.2, 0.25) is 0 Å². The Balaban J connectivity index is 0.000000701. The first-order valence-electron chi connectivity index (χ1n) is 8.39. The van der Waals surface area contributed by atoms with Gasteiger partial charge in [-0.2, -0.15) is 0 Å². The number of piperidine rings is 1. The first-order valence-corrected chi connectivity index (χ1v) is 9.27. The molecule has 1 saturated heterocycles. The van der Waals surface area contributed by atoms with E-state index in [-0.39, 0.29) is 18.5 Å². The van der Waals surface area contributed by atoms with E-state index in [1.54, 1.807) is 11.3 Å². The Kier molecular flexibility index (Phi) is 7.54. The van der Waals surface area contributed by atoms with Crippen molar-refractivity contribution < 1.29 is 19.4 Å². The number of nitrogens with zero attached hydrogens (tertiary/aromatic N) is 3. The highest BCUT2D eigenvalue weighted by atomic mass is 32.1. The molecule has 2 N–H and O–H groups in total. The van der Waals surface area contributed by atoms with Gasteiger partial charge in [0, 0.05) is 10.8 Å². The van der Waals surface area contributed by atoms with E-state index in [2.05, 4.69) is 28.9 Å². The number of hydrogen-bond donors (Lipinski definition) is 2. The lowest BCUT2D eigenvalue weighted by Gasteiger charge is -2.33. The van der Waals surface area contributed by atoms with Crippen molar-refractivity contribution >= 4 is 17.8 Å². The maximum absolute atomic E-state index is 10.4. The molecule has 1 atom stereocenters. The molecular weight excluding hydrogens is 342 g/mol. The van der Waals surface area contributed by atoms with E-state index >= 15 is 0 Å². The van der Waals surface area contributed by atoms with E-state index < -0.39 is 0 Å². The smallest absolute Gasteiger partial charge is 0.290 e. The van der Waals surface area contributed by atoms with Gasteiger partial charge in [0.15, 0.2) is 0 Å². The quantitative estimate of drug-likeness (QED) is 0.784. The summed E-state index contributed by atoms with van der Waals surface area (Å²) in [5, 5.41) is 27.5. The zero-order chi connectivity index (χ0) is 18.2. The van der Waals surface area contributed by atoms with Gasteiger partial charge in [-0.05, 0) is 43.3 Å². The maximum Gasteiger partial charge on any atom is 0.290 e. The van der Waals surface area contributed by atoms with E-state index in [0.29, 0.717) is 24.2 Å². The second kappa shape index (κ2) is 9.65. The van der Waals surface area contributed by atoms with Crippen molar-refractivity contribution in [2.24, 2.45) is 5.92 Å². The van der Waals surface area contributed by atoms with Gasteiger partial charge in [-0.1, -0.05) is 19.9 Å². The highest BCUT2D eigenvalue weighted by Crippen LogP contribution is 2.33. The molecule has 1 fully saturated rings. The molecule has 1 aliphatic rings. The summed E-state index contributed by atoms with van der Waals surface area (Å²) in [6.45, 7) is 6.49. The van der Waals surface area contributed by atoms with Crippen LogP contribution in [0.15, 0.2) is 21.9 Å². The normalized spacial score (nSPS) is 17.1. The molecule has 0 spiro atoms. The first kappa shape index (κ1) is 19.6. The molecule has 25 heavy (non-hydrogen) atoms. The van der Waals surface area contributed by atoms with E-state index in [1.165, 1.54) is 0 Å². The summed E-state index contributed by atoms with van der Waals surface area (Å²) in [5.41, 5.74) is 0. The van der Waals surface area contributed by atoms with Gasteiger partial charge in [0.25, 0.3) is 6.47 Å². The lowest BCUT2D eigenvalue weighted by atomic mass is 9.90. The van der Waals surface area contributed by atoms with Crippen molar-refractivity contribution in [2.45, 2.75) is 45.3 Å². The number of likely N-dealkylation sites (tertiary alicyclic amines) is 1. The first-order chi connectivity index (χ1) is 12.0. The van der Waals surface area contributed by atoms with Crippen molar-refractivity contribution in [3.05, 3.63) is 34.2 Å². The lowest BCUT2D eigenvalue weighted by Crippen LogP contribution is -2.35. The molecule has 2 aromatic heterocycles. The average molecular weight is 367 g/mol. The zero-order valence-electron chi connectivity index (χ0n) is 14.5.